The topological polar surface area (TPSA) is 137 Å². The van der Waals surface area contributed by atoms with Crippen LogP contribution >= 0.6 is 0 Å². The zero-order valence-electron chi connectivity index (χ0n) is 18.3. The van der Waals surface area contributed by atoms with E-state index >= 15 is 0 Å². The number of imide groups is 2. The van der Waals surface area contributed by atoms with Crippen LogP contribution in [0.2, 0.25) is 0 Å². The number of nitrogens with zero attached hydrogens (tertiary/aromatic N) is 1. The summed E-state index contributed by atoms with van der Waals surface area (Å²) in [5.74, 6) is -0.994. The Morgan fingerprint density at radius 1 is 1.06 bits per heavy atom. The van der Waals surface area contributed by atoms with E-state index < -0.39 is 17.8 Å². The van der Waals surface area contributed by atoms with Crippen molar-refractivity contribution in [3.63, 3.8) is 0 Å². The lowest BCUT2D eigenvalue weighted by Crippen LogP contribution is -2.37. The van der Waals surface area contributed by atoms with Gasteiger partial charge in [0.15, 0.2) is 11.5 Å². The van der Waals surface area contributed by atoms with E-state index in [1.54, 1.807) is 48.6 Å². The average Bonchev–Trinajstić information content (AvgIpc) is 3.12. The van der Waals surface area contributed by atoms with Crippen LogP contribution in [0.1, 0.15) is 27.0 Å². The zero-order chi connectivity index (χ0) is 24.2. The van der Waals surface area contributed by atoms with E-state index in [-0.39, 0.29) is 30.3 Å². The molecule has 2 aromatic rings. The number of aromatic hydroxyl groups is 1. The van der Waals surface area contributed by atoms with E-state index in [0.717, 1.165) is 11.1 Å². The van der Waals surface area contributed by atoms with E-state index in [4.69, 9.17) is 4.74 Å². The SMILES string of the molecule is COc1ccc(CN/C=C2\C(=O)NC(=O)c3ccc(/C=C/CN4CC(=O)NC4=O)cc32)cc1O. The van der Waals surface area contributed by atoms with Crippen LogP contribution in [0.5, 0.6) is 11.5 Å². The fraction of sp³-hybridized carbons (Fsp3) is 0.167. The fourth-order valence-corrected chi connectivity index (χ4v) is 3.65. The molecule has 0 aliphatic carbocycles. The number of carbonyl (C=O) groups is 4. The monoisotopic (exact) mass is 462 g/mol. The minimum absolute atomic E-state index is 0.00651. The summed E-state index contributed by atoms with van der Waals surface area (Å²) in [7, 11) is 1.46. The van der Waals surface area contributed by atoms with Gasteiger partial charge in [-0.05, 0) is 35.4 Å². The molecule has 0 bridgehead atoms. The lowest BCUT2D eigenvalue weighted by atomic mass is 9.93. The number of methoxy groups -OCH3 is 1. The summed E-state index contributed by atoms with van der Waals surface area (Å²) in [6.07, 6.45) is 5.00. The molecular formula is C24H22N4O6. The molecular weight excluding hydrogens is 440 g/mol. The summed E-state index contributed by atoms with van der Waals surface area (Å²) in [6.45, 7) is 0.577. The summed E-state index contributed by atoms with van der Waals surface area (Å²) < 4.78 is 5.03. The highest BCUT2D eigenvalue weighted by Gasteiger charge is 2.27. The van der Waals surface area contributed by atoms with E-state index in [1.165, 1.54) is 18.2 Å². The lowest BCUT2D eigenvalue weighted by Gasteiger charge is -2.19. The van der Waals surface area contributed by atoms with Crippen LogP contribution in [-0.2, 0) is 16.1 Å². The Hall–Kier alpha value is -4.60. The Morgan fingerprint density at radius 3 is 2.59 bits per heavy atom. The molecule has 1 saturated heterocycles. The number of urea groups is 1. The molecule has 174 valence electrons. The molecule has 2 aliphatic heterocycles. The Balaban J connectivity index is 1.51. The number of carbonyl (C=O) groups excluding carboxylic acids is 4. The first-order valence-electron chi connectivity index (χ1n) is 10.4. The molecule has 0 saturated carbocycles. The maximum Gasteiger partial charge on any atom is 0.324 e. The Kier molecular flexibility index (Phi) is 6.30. The van der Waals surface area contributed by atoms with Gasteiger partial charge in [-0.1, -0.05) is 24.3 Å². The van der Waals surface area contributed by atoms with Gasteiger partial charge in [-0.3, -0.25) is 25.0 Å². The number of ether oxygens (including phenoxy) is 1. The van der Waals surface area contributed by atoms with E-state index in [9.17, 15) is 24.3 Å². The normalized spacial score (nSPS) is 16.6. The highest BCUT2D eigenvalue weighted by atomic mass is 16.5. The van der Waals surface area contributed by atoms with Gasteiger partial charge in [-0.25, -0.2) is 4.79 Å². The number of fused-ring (bicyclic) bond motifs is 1. The highest BCUT2D eigenvalue weighted by Crippen LogP contribution is 2.27. The molecule has 4 N–H and O–H groups in total. The summed E-state index contributed by atoms with van der Waals surface area (Å²) in [6, 6.07) is 9.60. The zero-order valence-corrected chi connectivity index (χ0v) is 18.3. The predicted molar refractivity (Wildman–Crippen MR) is 123 cm³/mol. The maximum absolute atomic E-state index is 12.5. The first-order chi connectivity index (χ1) is 16.4. The van der Waals surface area contributed by atoms with Crippen molar-refractivity contribution in [1.82, 2.24) is 20.9 Å². The molecule has 0 aromatic heterocycles. The number of nitrogens with one attached hydrogen (secondary N) is 3. The Labute approximate surface area is 194 Å². The maximum atomic E-state index is 12.5. The van der Waals surface area contributed by atoms with Crippen LogP contribution in [0, 0.1) is 0 Å². The fourth-order valence-electron chi connectivity index (χ4n) is 3.65. The number of amides is 5. The minimum Gasteiger partial charge on any atom is -0.504 e. The number of benzene rings is 2. The summed E-state index contributed by atoms with van der Waals surface area (Å²) >= 11 is 0. The largest absolute Gasteiger partial charge is 0.504 e. The molecule has 34 heavy (non-hydrogen) atoms. The molecule has 0 spiro atoms. The number of phenols is 1. The van der Waals surface area contributed by atoms with Crippen LogP contribution in [0.4, 0.5) is 4.79 Å². The van der Waals surface area contributed by atoms with Gasteiger partial charge >= 0.3 is 6.03 Å². The highest BCUT2D eigenvalue weighted by molar-refractivity contribution is 6.31. The van der Waals surface area contributed by atoms with Crippen LogP contribution in [-0.4, -0.2) is 54.0 Å². The third-order valence-corrected chi connectivity index (χ3v) is 5.35. The van der Waals surface area contributed by atoms with Gasteiger partial charge in [0.2, 0.25) is 5.91 Å². The minimum atomic E-state index is -0.532. The first-order valence-corrected chi connectivity index (χ1v) is 10.4. The average molecular weight is 462 g/mol. The molecule has 2 heterocycles. The Morgan fingerprint density at radius 2 is 1.88 bits per heavy atom. The van der Waals surface area contributed by atoms with Crippen molar-refractivity contribution in [2.45, 2.75) is 6.54 Å². The Bertz CT molecular complexity index is 1250. The standard InChI is InChI=1S/C24H22N4O6/c1-34-20-7-5-15(10-19(20)29)11-25-12-18-17-9-14(4-6-16(17)22(31)27-23(18)32)3-2-8-28-13-21(30)26-24(28)33/h2-7,9-10,12,25,29H,8,11,13H2,1H3,(H,26,30,33)(H,27,31,32)/b3-2+,18-12-. The third-order valence-electron chi connectivity index (χ3n) is 5.35. The van der Waals surface area contributed by atoms with Gasteiger partial charge in [-0.2, -0.15) is 0 Å². The first kappa shape index (κ1) is 22.6. The summed E-state index contributed by atoms with van der Waals surface area (Å²) in [4.78, 5) is 49.1. The summed E-state index contributed by atoms with van der Waals surface area (Å²) in [5, 5.41) is 17.5. The molecule has 5 amide bonds. The van der Waals surface area contributed by atoms with Gasteiger partial charge in [0.05, 0.1) is 12.7 Å². The quantitative estimate of drug-likeness (QED) is 0.277. The number of rotatable bonds is 7. The number of hydrogen-bond acceptors (Lipinski definition) is 7. The molecule has 1 fully saturated rings. The van der Waals surface area contributed by atoms with Crippen molar-refractivity contribution >= 4 is 35.4 Å². The van der Waals surface area contributed by atoms with E-state index in [1.807, 2.05) is 0 Å². The van der Waals surface area contributed by atoms with Gasteiger partial charge in [-0.15, -0.1) is 0 Å². The van der Waals surface area contributed by atoms with Gasteiger partial charge < -0.3 is 20.1 Å². The lowest BCUT2D eigenvalue weighted by molar-refractivity contribution is -0.118. The van der Waals surface area contributed by atoms with Crippen molar-refractivity contribution < 1.29 is 29.0 Å². The van der Waals surface area contributed by atoms with Crippen molar-refractivity contribution in [2.24, 2.45) is 0 Å². The van der Waals surface area contributed by atoms with Crippen LogP contribution in [0.25, 0.3) is 11.6 Å². The summed E-state index contributed by atoms with van der Waals surface area (Å²) in [5.41, 5.74) is 2.60. The molecule has 0 unspecified atom stereocenters. The van der Waals surface area contributed by atoms with Crippen molar-refractivity contribution in [3.8, 4) is 11.5 Å². The van der Waals surface area contributed by atoms with Gasteiger partial charge in [0.25, 0.3) is 11.8 Å². The molecule has 2 aromatic carbocycles. The predicted octanol–water partition coefficient (Wildman–Crippen LogP) is 1.37. The second-order valence-electron chi connectivity index (χ2n) is 7.67. The molecule has 4 rings (SSSR count). The molecule has 10 nitrogen and oxygen atoms in total. The van der Waals surface area contributed by atoms with E-state index in [0.29, 0.717) is 23.4 Å². The van der Waals surface area contributed by atoms with Crippen molar-refractivity contribution in [3.05, 3.63) is 70.9 Å². The molecule has 0 atom stereocenters. The van der Waals surface area contributed by atoms with E-state index in [2.05, 4.69) is 16.0 Å². The second-order valence-corrected chi connectivity index (χ2v) is 7.67. The molecule has 0 radical (unpaired) electrons. The van der Waals surface area contributed by atoms with Crippen LogP contribution in [0.3, 0.4) is 0 Å². The number of hydrogen-bond donors (Lipinski definition) is 4. The second kappa shape index (κ2) is 9.49. The van der Waals surface area contributed by atoms with Crippen molar-refractivity contribution in [2.75, 3.05) is 20.2 Å². The molecule has 2 aliphatic rings. The number of phenolic OH excluding ortho intramolecular Hbond substituents is 1. The molecule has 10 heteroatoms. The van der Waals surface area contributed by atoms with Gasteiger partial charge in [0.1, 0.15) is 6.54 Å². The van der Waals surface area contributed by atoms with Crippen LogP contribution in [0.15, 0.2) is 48.7 Å². The van der Waals surface area contributed by atoms with Gasteiger partial charge in [0, 0.05) is 30.4 Å². The van der Waals surface area contributed by atoms with Crippen LogP contribution < -0.4 is 20.7 Å². The third kappa shape index (κ3) is 4.75. The smallest absolute Gasteiger partial charge is 0.324 e. The van der Waals surface area contributed by atoms with Crippen molar-refractivity contribution in [1.29, 1.82) is 0 Å².